The van der Waals surface area contributed by atoms with Gasteiger partial charge in [0.25, 0.3) is 5.56 Å². The summed E-state index contributed by atoms with van der Waals surface area (Å²) in [6.07, 6.45) is 2.88. The first-order chi connectivity index (χ1) is 12.5. The maximum absolute atomic E-state index is 12.5. The van der Waals surface area contributed by atoms with Crippen LogP contribution in [0.2, 0.25) is 0 Å². The molecule has 0 saturated heterocycles. The number of phenols is 1. The molecule has 1 N–H and O–H groups in total. The smallest absolute Gasteiger partial charge is 0.315 e. The lowest BCUT2D eigenvalue weighted by Gasteiger charge is -2.12. The van der Waals surface area contributed by atoms with Gasteiger partial charge in [0.1, 0.15) is 4.66 Å². The molecule has 144 valence electrons. The monoisotopic (exact) mass is 392 g/mol. The highest BCUT2D eigenvalue weighted by atomic mass is 32.1. The summed E-state index contributed by atoms with van der Waals surface area (Å²) >= 11 is 1.10. The Balaban J connectivity index is 2.69. The Kier molecular flexibility index (Phi) is 5.55. The lowest BCUT2D eigenvalue weighted by atomic mass is 9.91. The number of nitro benzene ring substituents is 1. The molecule has 8 nitrogen and oxygen atoms in total. The van der Waals surface area contributed by atoms with Crippen molar-refractivity contribution in [2.45, 2.75) is 20.8 Å². The predicted octanol–water partition coefficient (Wildman–Crippen LogP) is 1.29. The number of Topliss-reactive ketones (excluding diaryl/α,β-unsaturated/α-hetero) is 1. The minimum absolute atomic E-state index is 0.0708. The van der Waals surface area contributed by atoms with Gasteiger partial charge < -0.3 is 14.4 Å². The molecule has 0 spiro atoms. The highest BCUT2D eigenvalue weighted by Gasteiger charge is 2.20. The van der Waals surface area contributed by atoms with Crippen LogP contribution in [-0.2, 0) is 11.8 Å². The van der Waals surface area contributed by atoms with Crippen LogP contribution in [0.4, 0.5) is 5.69 Å². The number of ketones is 1. The van der Waals surface area contributed by atoms with Crippen molar-refractivity contribution < 1.29 is 19.6 Å². The number of rotatable bonds is 4. The summed E-state index contributed by atoms with van der Waals surface area (Å²) in [5.41, 5.74) is -1.11. The number of ether oxygens (including phenoxy) is 1. The molecular formula is C18H20N2O6S. The van der Waals surface area contributed by atoms with E-state index in [4.69, 9.17) is 4.74 Å². The molecule has 0 unspecified atom stereocenters. The second kappa shape index (κ2) is 7.36. The number of aromatic nitrogens is 1. The number of nitrogens with zero attached hydrogens (tertiary/aromatic N) is 2. The highest BCUT2D eigenvalue weighted by Crippen LogP contribution is 2.36. The third-order valence-corrected chi connectivity index (χ3v) is 4.96. The van der Waals surface area contributed by atoms with Gasteiger partial charge in [-0.25, -0.2) is 0 Å². The van der Waals surface area contributed by atoms with Crippen LogP contribution in [0.3, 0.4) is 0 Å². The molecule has 0 saturated carbocycles. The van der Waals surface area contributed by atoms with Gasteiger partial charge in [0.15, 0.2) is 11.5 Å². The summed E-state index contributed by atoms with van der Waals surface area (Å²) in [6.45, 7) is 5.35. The number of phenolic OH excluding ortho intramolecular Hbond substituents is 1. The van der Waals surface area contributed by atoms with Gasteiger partial charge in [-0.3, -0.25) is 19.7 Å². The van der Waals surface area contributed by atoms with E-state index in [1.54, 1.807) is 27.8 Å². The zero-order chi connectivity index (χ0) is 20.5. The van der Waals surface area contributed by atoms with Crippen LogP contribution in [0.5, 0.6) is 11.5 Å². The summed E-state index contributed by atoms with van der Waals surface area (Å²) in [7, 11) is 2.83. The molecule has 2 rings (SSSR count). The summed E-state index contributed by atoms with van der Waals surface area (Å²) in [5, 5.41) is 20.9. The lowest BCUT2D eigenvalue weighted by molar-refractivity contribution is -0.386. The molecule has 0 radical (unpaired) electrons. The van der Waals surface area contributed by atoms with Gasteiger partial charge in [0.2, 0.25) is 5.75 Å². The van der Waals surface area contributed by atoms with E-state index < -0.39 is 21.8 Å². The first-order valence-corrected chi connectivity index (χ1v) is 8.76. The minimum Gasteiger partial charge on any atom is -0.500 e. The maximum atomic E-state index is 12.5. The Labute approximate surface area is 158 Å². The Morgan fingerprint density at radius 3 is 2.52 bits per heavy atom. The quantitative estimate of drug-likeness (QED) is 0.620. The molecule has 0 aliphatic rings. The molecule has 0 fully saturated rings. The predicted molar refractivity (Wildman–Crippen MR) is 103 cm³/mol. The van der Waals surface area contributed by atoms with Crippen molar-refractivity contribution in [1.82, 2.24) is 4.57 Å². The fourth-order valence-corrected chi connectivity index (χ4v) is 3.21. The average molecular weight is 392 g/mol. The molecule has 2 aromatic rings. The molecule has 0 aliphatic carbocycles. The Hall–Kier alpha value is -2.94. The topological polar surface area (TPSA) is 112 Å². The molecule has 1 aromatic heterocycles. The van der Waals surface area contributed by atoms with E-state index in [0.717, 1.165) is 17.4 Å². The summed E-state index contributed by atoms with van der Waals surface area (Å²) < 4.78 is 7.09. The molecule has 0 atom stereocenters. The molecule has 1 aromatic carbocycles. The average Bonchev–Trinajstić information content (AvgIpc) is 2.83. The van der Waals surface area contributed by atoms with Crippen molar-refractivity contribution in [2.75, 3.05) is 7.11 Å². The SMILES string of the molecule is COc1cc(/C=c2\s/c(=C\C(=O)C(C)(C)C)n(C)c2=O)cc([N+](=O)[O-])c1O. The zero-order valence-corrected chi connectivity index (χ0v) is 16.4. The van der Waals surface area contributed by atoms with Crippen molar-refractivity contribution in [3.63, 3.8) is 0 Å². The molecule has 0 amide bonds. The summed E-state index contributed by atoms with van der Waals surface area (Å²) in [5.74, 6) is -0.769. The van der Waals surface area contributed by atoms with E-state index in [1.165, 1.54) is 29.9 Å². The van der Waals surface area contributed by atoms with Gasteiger partial charge >= 0.3 is 5.69 Å². The van der Waals surface area contributed by atoms with Crippen LogP contribution < -0.4 is 19.5 Å². The van der Waals surface area contributed by atoms with Crippen molar-refractivity contribution in [1.29, 1.82) is 0 Å². The van der Waals surface area contributed by atoms with E-state index in [0.29, 0.717) is 14.8 Å². The van der Waals surface area contributed by atoms with Gasteiger partial charge in [0, 0.05) is 24.6 Å². The molecular weight excluding hydrogens is 372 g/mol. The number of methoxy groups -OCH3 is 1. The number of hydrogen-bond donors (Lipinski definition) is 1. The van der Waals surface area contributed by atoms with Crippen molar-refractivity contribution in [3.05, 3.63) is 47.4 Å². The molecule has 9 heteroatoms. The third-order valence-electron chi connectivity index (χ3n) is 3.85. The second-order valence-electron chi connectivity index (χ2n) is 6.92. The number of benzene rings is 1. The van der Waals surface area contributed by atoms with Gasteiger partial charge in [-0.05, 0) is 17.7 Å². The maximum Gasteiger partial charge on any atom is 0.315 e. The van der Waals surface area contributed by atoms with Crippen LogP contribution in [0.25, 0.3) is 12.2 Å². The number of aromatic hydroxyl groups is 1. The summed E-state index contributed by atoms with van der Waals surface area (Å²) in [4.78, 5) is 35.0. The second-order valence-corrected chi connectivity index (χ2v) is 7.98. The third kappa shape index (κ3) is 4.25. The molecule has 27 heavy (non-hydrogen) atoms. The largest absolute Gasteiger partial charge is 0.500 e. The van der Waals surface area contributed by atoms with Gasteiger partial charge in [-0.1, -0.05) is 20.8 Å². The standard InChI is InChI=1S/C18H20N2O6S/c1-18(2,3)14(21)9-15-19(4)17(23)13(27-15)8-10-6-11(20(24)25)16(22)12(7-10)26-5/h6-9,22H,1-5H3/b13-8-,15-9-. The van der Waals surface area contributed by atoms with Gasteiger partial charge in [-0.2, -0.15) is 0 Å². The number of carbonyl (C=O) groups is 1. The normalized spacial score (nSPS) is 13.1. The van der Waals surface area contributed by atoms with Crippen LogP contribution in [0, 0.1) is 15.5 Å². The van der Waals surface area contributed by atoms with E-state index in [9.17, 15) is 24.8 Å². The van der Waals surface area contributed by atoms with Crippen LogP contribution in [-0.4, -0.2) is 27.5 Å². The number of nitro groups is 1. The van der Waals surface area contributed by atoms with E-state index >= 15 is 0 Å². The van der Waals surface area contributed by atoms with E-state index in [-0.39, 0.29) is 17.1 Å². The zero-order valence-electron chi connectivity index (χ0n) is 15.6. The van der Waals surface area contributed by atoms with Gasteiger partial charge in [0.05, 0.1) is 16.6 Å². The fourth-order valence-electron chi connectivity index (χ4n) is 2.18. The number of carbonyl (C=O) groups excluding carboxylic acids is 1. The molecule has 0 bridgehead atoms. The minimum atomic E-state index is -0.733. The van der Waals surface area contributed by atoms with Crippen LogP contribution in [0.15, 0.2) is 16.9 Å². The number of hydrogen-bond acceptors (Lipinski definition) is 7. The Bertz CT molecular complexity index is 1090. The van der Waals surface area contributed by atoms with Crippen LogP contribution in [0.1, 0.15) is 26.3 Å². The first-order valence-electron chi connectivity index (χ1n) is 7.95. The van der Waals surface area contributed by atoms with Crippen molar-refractivity contribution in [2.24, 2.45) is 12.5 Å². The lowest BCUT2D eigenvalue weighted by Crippen LogP contribution is -2.30. The Morgan fingerprint density at radius 2 is 2.00 bits per heavy atom. The summed E-state index contributed by atoms with van der Waals surface area (Å²) in [6, 6.07) is 2.55. The molecule has 1 heterocycles. The van der Waals surface area contributed by atoms with Gasteiger partial charge in [-0.15, -0.1) is 11.3 Å². The Morgan fingerprint density at radius 1 is 1.37 bits per heavy atom. The number of thiazole rings is 1. The van der Waals surface area contributed by atoms with Crippen molar-refractivity contribution >= 4 is 35.0 Å². The van der Waals surface area contributed by atoms with E-state index in [2.05, 4.69) is 0 Å². The first kappa shape index (κ1) is 20.4. The highest BCUT2D eigenvalue weighted by molar-refractivity contribution is 7.07. The molecule has 0 aliphatic heterocycles. The van der Waals surface area contributed by atoms with Crippen molar-refractivity contribution in [3.8, 4) is 11.5 Å². The van der Waals surface area contributed by atoms with Crippen LogP contribution >= 0.6 is 11.3 Å². The van der Waals surface area contributed by atoms with E-state index in [1.807, 2.05) is 0 Å². The fraction of sp³-hybridized carbons (Fsp3) is 0.333.